The van der Waals surface area contributed by atoms with Gasteiger partial charge in [0.1, 0.15) is 6.54 Å². The lowest BCUT2D eigenvalue weighted by Crippen LogP contribution is -2.38. The van der Waals surface area contributed by atoms with Crippen LogP contribution in [0.5, 0.6) is 0 Å². The largest absolute Gasteiger partial charge is 0.324 e. The van der Waals surface area contributed by atoms with E-state index in [4.69, 9.17) is 23.2 Å². The van der Waals surface area contributed by atoms with Crippen LogP contribution in [0.2, 0.25) is 10.0 Å². The van der Waals surface area contributed by atoms with E-state index in [9.17, 15) is 13.2 Å². The van der Waals surface area contributed by atoms with Crippen molar-refractivity contribution in [3.8, 4) is 0 Å². The van der Waals surface area contributed by atoms with E-state index in [0.29, 0.717) is 21.4 Å². The third-order valence-corrected chi connectivity index (χ3v) is 7.23. The maximum Gasteiger partial charge on any atom is 0.264 e. The molecular formula is C23H22Cl2N2O3S. The molecule has 3 rings (SSSR count). The van der Waals surface area contributed by atoms with Crippen LogP contribution >= 0.6 is 23.2 Å². The number of carbonyl (C=O) groups excluding carboxylic acids is 1. The lowest BCUT2D eigenvalue weighted by Gasteiger charge is -2.25. The number of sulfonamides is 1. The lowest BCUT2D eigenvalue weighted by molar-refractivity contribution is -0.114. The Morgan fingerprint density at radius 2 is 1.58 bits per heavy atom. The molecular weight excluding hydrogens is 455 g/mol. The highest BCUT2D eigenvalue weighted by molar-refractivity contribution is 7.92. The van der Waals surface area contributed by atoms with Crippen molar-refractivity contribution in [2.75, 3.05) is 16.2 Å². The van der Waals surface area contributed by atoms with Crippen LogP contribution in [-0.2, 0) is 14.8 Å². The number of rotatable bonds is 6. The summed E-state index contributed by atoms with van der Waals surface area (Å²) in [4.78, 5) is 12.9. The van der Waals surface area contributed by atoms with Crippen LogP contribution in [0.15, 0.2) is 65.6 Å². The zero-order chi connectivity index (χ0) is 22.8. The van der Waals surface area contributed by atoms with Gasteiger partial charge in [-0.2, -0.15) is 0 Å². The highest BCUT2D eigenvalue weighted by atomic mass is 35.5. The predicted molar refractivity (Wildman–Crippen MR) is 127 cm³/mol. The number of hydrogen-bond donors (Lipinski definition) is 1. The summed E-state index contributed by atoms with van der Waals surface area (Å²) in [6.45, 7) is 5.08. The molecule has 0 saturated heterocycles. The monoisotopic (exact) mass is 476 g/mol. The quantitative estimate of drug-likeness (QED) is 0.492. The normalized spacial score (nSPS) is 11.3. The van der Waals surface area contributed by atoms with Gasteiger partial charge in [-0.05, 0) is 74.4 Å². The Labute approximate surface area is 192 Å². The average Bonchev–Trinajstić information content (AvgIpc) is 2.71. The maximum absolute atomic E-state index is 13.4. The van der Waals surface area contributed by atoms with Gasteiger partial charge in [0.2, 0.25) is 5.91 Å². The Hall–Kier alpha value is -2.54. The van der Waals surface area contributed by atoms with Gasteiger partial charge in [0, 0.05) is 15.7 Å². The third-order valence-electron chi connectivity index (χ3n) is 4.80. The van der Waals surface area contributed by atoms with Gasteiger partial charge in [-0.1, -0.05) is 47.0 Å². The van der Waals surface area contributed by atoms with Crippen molar-refractivity contribution < 1.29 is 13.2 Å². The topological polar surface area (TPSA) is 66.5 Å². The van der Waals surface area contributed by atoms with Crippen LogP contribution in [0.1, 0.15) is 16.7 Å². The van der Waals surface area contributed by atoms with E-state index in [1.807, 2.05) is 20.8 Å². The van der Waals surface area contributed by atoms with Gasteiger partial charge in [0.15, 0.2) is 0 Å². The van der Waals surface area contributed by atoms with Crippen molar-refractivity contribution >= 4 is 50.5 Å². The second-order valence-corrected chi connectivity index (χ2v) is 9.97. The second kappa shape index (κ2) is 9.30. The maximum atomic E-state index is 13.4. The molecule has 0 aliphatic heterocycles. The summed E-state index contributed by atoms with van der Waals surface area (Å²) >= 11 is 12.2. The van der Waals surface area contributed by atoms with Crippen molar-refractivity contribution in [3.63, 3.8) is 0 Å². The molecule has 0 aliphatic rings. The first-order chi connectivity index (χ1) is 14.6. The number of halogens is 2. The number of nitrogens with one attached hydrogen (secondary N) is 1. The van der Waals surface area contributed by atoms with Gasteiger partial charge < -0.3 is 5.32 Å². The molecule has 3 aromatic rings. The number of carbonyl (C=O) groups is 1. The van der Waals surface area contributed by atoms with E-state index in [0.717, 1.165) is 21.0 Å². The number of amides is 1. The third kappa shape index (κ3) is 5.39. The van der Waals surface area contributed by atoms with Crippen LogP contribution in [0.25, 0.3) is 0 Å². The van der Waals surface area contributed by atoms with Crippen LogP contribution in [-0.4, -0.2) is 20.9 Å². The fourth-order valence-corrected chi connectivity index (χ4v) is 4.79. The predicted octanol–water partition coefficient (Wildman–Crippen LogP) is 5.75. The van der Waals surface area contributed by atoms with E-state index in [1.165, 1.54) is 12.1 Å². The molecule has 31 heavy (non-hydrogen) atoms. The summed E-state index contributed by atoms with van der Waals surface area (Å²) in [6.07, 6.45) is 0. The van der Waals surface area contributed by atoms with E-state index in [1.54, 1.807) is 48.5 Å². The SMILES string of the molecule is Cc1ccc(S(=O)(=O)N(CC(=O)Nc2ccc(Cl)cc2C)c2ccc(C)c(Cl)c2)cc1. The fraction of sp³-hybridized carbons (Fsp3) is 0.174. The van der Waals surface area contributed by atoms with Gasteiger partial charge in [-0.15, -0.1) is 0 Å². The molecule has 0 unspecified atom stereocenters. The second-order valence-electron chi connectivity index (χ2n) is 7.27. The molecule has 1 N–H and O–H groups in total. The van der Waals surface area contributed by atoms with Crippen LogP contribution in [0.3, 0.4) is 0 Å². The Morgan fingerprint density at radius 3 is 2.19 bits per heavy atom. The lowest BCUT2D eigenvalue weighted by atomic mass is 10.2. The number of nitrogens with zero attached hydrogens (tertiary/aromatic N) is 1. The molecule has 0 radical (unpaired) electrons. The van der Waals surface area contributed by atoms with E-state index in [-0.39, 0.29) is 4.90 Å². The van der Waals surface area contributed by atoms with E-state index >= 15 is 0 Å². The number of benzene rings is 3. The van der Waals surface area contributed by atoms with E-state index < -0.39 is 22.5 Å². The van der Waals surface area contributed by atoms with Gasteiger partial charge in [0.25, 0.3) is 10.0 Å². The van der Waals surface area contributed by atoms with E-state index in [2.05, 4.69) is 5.32 Å². The van der Waals surface area contributed by atoms with Gasteiger partial charge >= 0.3 is 0 Å². The summed E-state index contributed by atoms with van der Waals surface area (Å²) in [7, 11) is -4.01. The van der Waals surface area contributed by atoms with Crippen LogP contribution in [0.4, 0.5) is 11.4 Å². The fourth-order valence-electron chi connectivity index (χ4n) is 2.98. The highest BCUT2D eigenvalue weighted by Gasteiger charge is 2.27. The van der Waals surface area contributed by atoms with Crippen molar-refractivity contribution in [1.29, 1.82) is 0 Å². The molecule has 0 saturated carbocycles. The molecule has 0 fully saturated rings. The molecule has 5 nitrogen and oxygen atoms in total. The average molecular weight is 477 g/mol. The molecule has 3 aromatic carbocycles. The van der Waals surface area contributed by atoms with Gasteiger partial charge in [0.05, 0.1) is 10.6 Å². The standard InChI is InChI=1S/C23H22Cl2N2O3S/c1-15-4-9-20(10-5-15)31(29,30)27(19-8-6-16(2)21(25)13-19)14-23(28)26-22-11-7-18(24)12-17(22)3/h4-13H,14H2,1-3H3,(H,26,28). The van der Waals surface area contributed by atoms with Crippen molar-refractivity contribution in [3.05, 3.63) is 87.4 Å². The zero-order valence-electron chi connectivity index (χ0n) is 17.3. The Morgan fingerprint density at radius 1 is 0.903 bits per heavy atom. The first kappa shape index (κ1) is 23.1. The van der Waals surface area contributed by atoms with Crippen LogP contribution < -0.4 is 9.62 Å². The minimum Gasteiger partial charge on any atom is -0.324 e. The molecule has 0 atom stereocenters. The summed E-state index contributed by atoms with van der Waals surface area (Å²) in [6, 6.07) is 16.4. The zero-order valence-corrected chi connectivity index (χ0v) is 19.6. The minimum atomic E-state index is -4.01. The number of hydrogen-bond acceptors (Lipinski definition) is 3. The van der Waals surface area contributed by atoms with Crippen molar-refractivity contribution in [2.45, 2.75) is 25.7 Å². The molecule has 0 aliphatic carbocycles. The molecule has 0 heterocycles. The molecule has 8 heteroatoms. The molecule has 1 amide bonds. The molecule has 0 spiro atoms. The first-order valence-corrected chi connectivity index (χ1v) is 11.7. The summed E-state index contributed by atoms with van der Waals surface area (Å²) in [5.74, 6) is -0.488. The summed E-state index contributed by atoms with van der Waals surface area (Å²) in [5.41, 5.74) is 3.37. The molecule has 0 bridgehead atoms. The van der Waals surface area contributed by atoms with Gasteiger partial charge in [-0.3, -0.25) is 9.10 Å². The number of aryl methyl sites for hydroxylation is 3. The Bertz CT molecular complexity index is 1230. The Kier molecular flexibility index (Phi) is 6.94. The van der Waals surface area contributed by atoms with Crippen molar-refractivity contribution in [1.82, 2.24) is 0 Å². The number of anilines is 2. The smallest absolute Gasteiger partial charge is 0.264 e. The summed E-state index contributed by atoms with van der Waals surface area (Å²) in [5, 5.41) is 3.72. The van der Waals surface area contributed by atoms with Crippen LogP contribution in [0, 0.1) is 20.8 Å². The minimum absolute atomic E-state index is 0.0882. The molecule has 162 valence electrons. The highest BCUT2D eigenvalue weighted by Crippen LogP contribution is 2.28. The summed E-state index contributed by atoms with van der Waals surface area (Å²) < 4.78 is 27.9. The molecule has 0 aromatic heterocycles. The van der Waals surface area contributed by atoms with Crippen molar-refractivity contribution in [2.24, 2.45) is 0 Å². The first-order valence-electron chi connectivity index (χ1n) is 9.49. The Balaban J connectivity index is 1.98. The van der Waals surface area contributed by atoms with Gasteiger partial charge in [-0.25, -0.2) is 8.42 Å².